The van der Waals surface area contributed by atoms with Crippen LogP contribution in [0.2, 0.25) is 0 Å². The standard InChI is InChI=1S/C22H28N2O2/c1-15-16(2)21(26-4)11-10-20(15)17(3)24-13-18(14-24)12-23-22(25)19-8-6-5-7-9-19/h5-11,17-18H,12-14H2,1-4H3,(H,23,25). The van der Waals surface area contributed by atoms with Crippen molar-refractivity contribution in [3.05, 3.63) is 64.7 Å². The molecule has 0 radical (unpaired) electrons. The number of likely N-dealkylation sites (tertiary alicyclic amines) is 1. The van der Waals surface area contributed by atoms with Gasteiger partial charge in [-0.3, -0.25) is 9.69 Å². The van der Waals surface area contributed by atoms with Gasteiger partial charge in [0.1, 0.15) is 5.75 Å². The van der Waals surface area contributed by atoms with Gasteiger partial charge in [0.25, 0.3) is 5.91 Å². The summed E-state index contributed by atoms with van der Waals surface area (Å²) in [6.07, 6.45) is 0. The predicted molar refractivity (Wildman–Crippen MR) is 105 cm³/mol. The van der Waals surface area contributed by atoms with Crippen LogP contribution in [0.25, 0.3) is 0 Å². The highest BCUT2D eigenvalue weighted by Crippen LogP contribution is 2.33. The molecule has 4 nitrogen and oxygen atoms in total. The van der Waals surface area contributed by atoms with Crippen molar-refractivity contribution in [1.82, 2.24) is 10.2 Å². The number of ether oxygens (including phenoxy) is 1. The molecule has 1 aliphatic heterocycles. The molecule has 0 spiro atoms. The third-order valence-corrected chi connectivity index (χ3v) is 5.57. The van der Waals surface area contributed by atoms with Crippen LogP contribution in [-0.2, 0) is 0 Å². The number of benzene rings is 2. The van der Waals surface area contributed by atoms with Crippen molar-refractivity contribution in [3.63, 3.8) is 0 Å². The molecular weight excluding hydrogens is 324 g/mol. The third-order valence-electron chi connectivity index (χ3n) is 5.57. The van der Waals surface area contributed by atoms with E-state index in [0.717, 1.165) is 30.9 Å². The van der Waals surface area contributed by atoms with Gasteiger partial charge in [-0.15, -0.1) is 0 Å². The second kappa shape index (κ2) is 7.92. The molecule has 1 unspecified atom stereocenters. The molecule has 2 aromatic carbocycles. The van der Waals surface area contributed by atoms with Gasteiger partial charge in [-0.05, 0) is 55.7 Å². The van der Waals surface area contributed by atoms with Gasteiger partial charge >= 0.3 is 0 Å². The molecule has 2 aromatic rings. The molecule has 1 aliphatic rings. The number of rotatable bonds is 6. The summed E-state index contributed by atoms with van der Waals surface area (Å²) in [4.78, 5) is 14.6. The van der Waals surface area contributed by atoms with Crippen molar-refractivity contribution in [2.75, 3.05) is 26.7 Å². The van der Waals surface area contributed by atoms with Crippen LogP contribution >= 0.6 is 0 Å². The molecule has 26 heavy (non-hydrogen) atoms. The van der Waals surface area contributed by atoms with E-state index in [4.69, 9.17) is 4.74 Å². The number of amides is 1. The summed E-state index contributed by atoms with van der Waals surface area (Å²) in [6.45, 7) is 9.30. The number of nitrogens with one attached hydrogen (secondary N) is 1. The lowest BCUT2D eigenvalue weighted by Gasteiger charge is -2.44. The number of methoxy groups -OCH3 is 1. The first-order valence-corrected chi connectivity index (χ1v) is 9.22. The average molecular weight is 352 g/mol. The summed E-state index contributed by atoms with van der Waals surface area (Å²) in [6, 6.07) is 14.0. The maximum atomic E-state index is 12.1. The van der Waals surface area contributed by atoms with Gasteiger partial charge in [-0.1, -0.05) is 24.3 Å². The Morgan fingerprint density at radius 1 is 1.15 bits per heavy atom. The van der Waals surface area contributed by atoms with Crippen LogP contribution < -0.4 is 10.1 Å². The highest BCUT2D eigenvalue weighted by atomic mass is 16.5. The first-order chi connectivity index (χ1) is 12.5. The highest BCUT2D eigenvalue weighted by Gasteiger charge is 2.31. The zero-order valence-electron chi connectivity index (χ0n) is 16.1. The molecule has 4 heteroatoms. The van der Waals surface area contributed by atoms with E-state index in [1.165, 1.54) is 16.7 Å². The highest BCUT2D eigenvalue weighted by molar-refractivity contribution is 5.94. The largest absolute Gasteiger partial charge is 0.496 e. The molecule has 1 saturated heterocycles. The van der Waals surface area contributed by atoms with E-state index in [0.29, 0.717) is 12.0 Å². The molecular formula is C22H28N2O2. The van der Waals surface area contributed by atoms with E-state index in [9.17, 15) is 4.79 Å². The van der Waals surface area contributed by atoms with Crippen molar-refractivity contribution in [3.8, 4) is 5.75 Å². The molecule has 0 aromatic heterocycles. The van der Waals surface area contributed by atoms with E-state index in [1.807, 2.05) is 30.3 Å². The van der Waals surface area contributed by atoms with Crippen molar-refractivity contribution < 1.29 is 9.53 Å². The van der Waals surface area contributed by atoms with E-state index in [-0.39, 0.29) is 5.91 Å². The first-order valence-electron chi connectivity index (χ1n) is 9.22. The van der Waals surface area contributed by atoms with Gasteiger partial charge in [0, 0.05) is 37.2 Å². The molecule has 1 N–H and O–H groups in total. The Balaban J connectivity index is 1.52. The fourth-order valence-corrected chi connectivity index (χ4v) is 3.67. The summed E-state index contributed by atoms with van der Waals surface area (Å²) < 4.78 is 5.42. The Morgan fingerprint density at radius 3 is 2.50 bits per heavy atom. The maximum absolute atomic E-state index is 12.1. The second-order valence-corrected chi connectivity index (χ2v) is 7.18. The zero-order chi connectivity index (χ0) is 18.7. The van der Waals surface area contributed by atoms with E-state index in [1.54, 1.807) is 7.11 Å². The van der Waals surface area contributed by atoms with Crippen LogP contribution in [0.3, 0.4) is 0 Å². The summed E-state index contributed by atoms with van der Waals surface area (Å²) in [7, 11) is 1.72. The minimum atomic E-state index is 0.0127. The summed E-state index contributed by atoms with van der Waals surface area (Å²) in [5.74, 6) is 1.48. The van der Waals surface area contributed by atoms with Gasteiger partial charge < -0.3 is 10.1 Å². The third kappa shape index (κ3) is 3.75. The number of carbonyl (C=O) groups excluding carboxylic acids is 1. The normalized spacial score (nSPS) is 16.0. The van der Waals surface area contributed by atoms with Crippen LogP contribution in [-0.4, -0.2) is 37.6 Å². The average Bonchev–Trinajstić information content (AvgIpc) is 2.63. The summed E-state index contributed by atoms with van der Waals surface area (Å²) in [5.41, 5.74) is 4.60. The Labute approximate surface area is 156 Å². The van der Waals surface area contributed by atoms with Gasteiger partial charge in [-0.25, -0.2) is 0 Å². The minimum Gasteiger partial charge on any atom is -0.496 e. The van der Waals surface area contributed by atoms with Crippen LogP contribution in [0.5, 0.6) is 5.75 Å². The van der Waals surface area contributed by atoms with Gasteiger partial charge in [-0.2, -0.15) is 0 Å². The molecule has 1 heterocycles. The predicted octanol–water partition coefficient (Wildman–Crippen LogP) is 3.73. The number of hydrogen-bond acceptors (Lipinski definition) is 3. The number of hydrogen-bond donors (Lipinski definition) is 1. The van der Waals surface area contributed by atoms with Gasteiger partial charge in [0.15, 0.2) is 0 Å². The van der Waals surface area contributed by atoms with Crippen molar-refractivity contribution in [1.29, 1.82) is 0 Å². The molecule has 138 valence electrons. The number of nitrogens with zero attached hydrogens (tertiary/aromatic N) is 1. The van der Waals surface area contributed by atoms with Crippen molar-refractivity contribution >= 4 is 5.91 Å². The topological polar surface area (TPSA) is 41.6 Å². The Kier molecular flexibility index (Phi) is 5.62. The van der Waals surface area contributed by atoms with Crippen molar-refractivity contribution in [2.24, 2.45) is 5.92 Å². The second-order valence-electron chi connectivity index (χ2n) is 7.18. The van der Waals surface area contributed by atoms with Crippen LogP contribution in [0, 0.1) is 19.8 Å². The summed E-state index contributed by atoms with van der Waals surface area (Å²) >= 11 is 0. The lowest BCUT2D eigenvalue weighted by molar-refractivity contribution is 0.0569. The lowest BCUT2D eigenvalue weighted by Crippen LogP contribution is -2.52. The Hall–Kier alpha value is -2.33. The van der Waals surface area contributed by atoms with Crippen molar-refractivity contribution in [2.45, 2.75) is 26.8 Å². The maximum Gasteiger partial charge on any atom is 0.251 e. The van der Waals surface area contributed by atoms with E-state index < -0.39 is 0 Å². The summed E-state index contributed by atoms with van der Waals surface area (Å²) in [5, 5.41) is 3.05. The molecule has 1 amide bonds. The Bertz CT molecular complexity index is 767. The molecule has 1 atom stereocenters. The van der Waals surface area contributed by atoms with E-state index in [2.05, 4.69) is 43.1 Å². The SMILES string of the molecule is COc1ccc(C(C)N2CC(CNC(=O)c3ccccc3)C2)c(C)c1C. The van der Waals surface area contributed by atoms with Crippen LogP contribution in [0.4, 0.5) is 0 Å². The lowest BCUT2D eigenvalue weighted by atomic mass is 9.91. The molecule has 0 aliphatic carbocycles. The van der Waals surface area contributed by atoms with Crippen LogP contribution in [0.15, 0.2) is 42.5 Å². The molecule has 0 bridgehead atoms. The molecule has 3 rings (SSSR count). The van der Waals surface area contributed by atoms with Gasteiger partial charge in [0.05, 0.1) is 7.11 Å². The smallest absolute Gasteiger partial charge is 0.251 e. The molecule has 1 fully saturated rings. The first kappa shape index (κ1) is 18.5. The fourth-order valence-electron chi connectivity index (χ4n) is 3.67. The Morgan fingerprint density at radius 2 is 1.85 bits per heavy atom. The van der Waals surface area contributed by atoms with E-state index >= 15 is 0 Å². The quantitative estimate of drug-likeness (QED) is 0.861. The zero-order valence-corrected chi connectivity index (χ0v) is 16.1. The molecule has 0 saturated carbocycles. The monoisotopic (exact) mass is 352 g/mol. The van der Waals surface area contributed by atoms with Crippen LogP contribution in [0.1, 0.15) is 40.0 Å². The number of carbonyl (C=O) groups is 1. The fraction of sp³-hybridized carbons (Fsp3) is 0.409. The minimum absolute atomic E-state index is 0.0127. The van der Waals surface area contributed by atoms with Gasteiger partial charge in [0.2, 0.25) is 0 Å².